The van der Waals surface area contributed by atoms with E-state index in [4.69, 9.17) is 0 Å². The highest BCUT2D eigenvalue weighted by Gasteiger charge is 2.52. The van der Waals surface area contributed by atoms with Crippen LogP contribution in [0.2, 0.25) is 0 Å². The molecule has 0 saturated carbocycles. The Balaban J connectivity index is 1.85. The largest absolute Gasteiger partial charge is 0.481 e. The summed E-state index contributed by atoms with van der Waals surface area (Å²) in [4.78, 5) is 67.1. The van der Waals surface area contributed by atoms with Gasteiger partial charge in [-0.05, 0) is 61.5 Å². The van der Waals surface area contributed by atoms with E-state index in [1.807, 2.05) is 18.7 Å². The molecule has 0 aromatic heterocycles. The van der Waals surface area contributed by atoms with Gasteiger partial charge in [0.05, 0.1) is 35.1 Å². The molecule has 4 aliphatic rings. The number of carboxylic acids is 3. The van der Waals surface area contributed by atoms with Gasteiger partial charge in [-0.25, -0.2) is 4.79 Å². The van der Waals surface area contributed by atoms with Crippen LogP contribution in [0.4, 0.5) is 0 Å². The molecule has 8 N–H and O–H groups in total. The summed E-state index contributed by atoms with van der Waals surface area (Å²) < 4.78 is 97.2. The number of unbranched alkanes of at least 4 members (excludes halogenated alkanes) is 2. The summed E-state index contributed by atoms with van der Waals surface area (Å²) in [6.07, 6.45) is 8.60. The van der Waals surface area contributed by atoms with Crippen molar-refractivity contribution in [3.05, 3.63) is 69.8 Å². The first-order valence-electron chi connectivity index (χ1n) is 20.4. The molecule has 2 aliphatic carbocycles. The van der Waals surface area contributed by atoms with Gasteiger partial charge in [0, 0.05) is 71.7 Å². The quantitative estimate of drug-likeness (QED) is 0.0568. The Morgan fingerprint density at radius 3 is 1.86 bits per heavy atom. The van der Waals surface area contributed by atoms with Crippen LogP contribution >= 0.6 is 0 Å². The number of nitrogens with zero attached hydrogens (tertiary/aromatic N) is 2. The number of carbonyl (C=O) groups is 5. The average Bonchev–Trinajstić information content (AvgIpc) is 3.50. The van der Waals surface area contributed by atoms with Gasteiger partial charge in [0.15, 0.2) is 0 Å². The van der Waals surface area contributed by atoms with Gasteiger partial charge in [-0.1, -0.05) is 46.3 Å². The summed E-state index contributed by atoms with van der Waals surface area (Å²) in [6, 6.07) is -0.696. The lowest BCUT2D eigenvalue weighted by Crippen LogP contribution is -2.40. The highest BCUT2D eigenvalue weighted by atomic mass is 32.2. The molecule has 0 radical (unpaired) electrons. The summed E-state index contributed by atoms with van der Waals surface area (Å²) in [5.41, 5.74) is 0.0977. The molecule has 0 spiro atoms. The lowest BCUT2D eigenvalue weighted by atomic mass is 9.70. The number of carboxylic acid groups (broad SMARTS) is 3. The standard InChI is InChI=1S/C40H56N4O17S3/c1-39(2)30(10-8-11-31-40(3,4)34-27(38(51)52)21-25(37(49)50)23-29(34)44(31)16-9-17-62(53,54)55)43(15-7-5-6-12-32(45)46)28-22-24(35(47)41-13-18-63(56,57)58)20-26(33(28)39)36(48)42-14-19-64(59,60)61/h8,10-11,22-23,26-27,31H,5-7,9,12-21H2,1-4H3,(H,41,47)(H,42,48)(H,45,46)(H,49,50)(H,51,52)(H,53,54,55)(H,56,57,58)(H,59,60,61). The molecule has 356 valence electrons. The molecule has 64 heavy (non-hydrogen) atoms. The van der Waals surface area contributed by atoms with Gasteiger partial charge in [0.1, 0.15) is 0 Å². The number of amides is 2. The Bertz CT molecular complexity index is 2450. The van der Waals surface area contributed by atoms with Crippen LogP contribution in [0, 0.1) is 22.7 Å². The Hall–Kier alpha value is -4.88. The van der Waals surface area contributed by atoms with E-state index in [2.05, 4.69) is 10.6 Å². The molecule has 3 atom stereocenters. The zero-order chi connectivity index (χ0) is 48.2. The molecule has 21 nitrogen and oxygen atoms in total. The van der Waals surface area contributed by atoms with E-state index in [-0.39, 0.29) is 49.9 Å². The topological polar surface area (TPSA) is 340 Å². The molecule has 2 aliphatic heterocycles. The van der Waals surface area contributed by atoms with Crippen LogP contribution in [0.1, 0.15) is 72.6 Å². The summed E-state index contributed by atoms with van der Waals surface area (Å²) in [5, 5.41) is 34.4. The minimum absolute atomic E-state index is 0.0264. The number of nitrogens with one attached hydrogen (secondary N) is 2. The molecular formula is C40H56N4O17S3. The first-order valence-corrected chi connectivity index (χ1v) is 25.2. The zero-order valence-electron chi connectivity index (χ0n) is 35.8. The molecule has 2 amide bonds. The Morgan fingerprint density at radius 1 is 0.719 bits per heavy atom. The smallest absolute Gasteiger partial charge is 0.331 e. The van der Waals surface area contributed by atoms with Crippen LogP contribution in [0.3, 0.4) is 0 Å². The fourth-order valence-corrected chi connectivity index (χ4v) is 10.2. The third-order valence-electron chi connectivity index (χ3n) is 11.8. The highest BCUT2D eigenvalue weighted by Crippen LogP contribution is 2.55. The van der Waals surface area contributed by atoms with Crippen LogP contribution in [-0.2, 0) is 54.3 Å². The van der Waals surface area contributed by atoms with Crippen molar-refractivity contribution in [2.24, 2.45) is 22.7 Å². The third kappa shape index (κ3) is 12.9. The van der Waals surface area contributed by atoms with Crippen molar-refractivity contribution in [3.63, 3.8) is 0 Å². The van der Waals surface area contributed by atoms with Gasteiger partial charge < -0.3 is 35.8 Å². The molecule has 0 aromatic rings. The number of carbonyl (C=O) groups excluding carboxylic acids is 2. The lowest BCUT2D eigenvalue weighted by Gasteiger charge is -2.35. The number of hydrogen-bond acceptors (Lipinski definition) is 13. The van der Waals surface area contributed by atoms with Crippen molar-refractivity contribution < 1.29 is 78.2 Å². The second-order valence-electron chi connectivity index (χ2n) is 17.1. The first-order chi connectivity index (χ1) is 29.5. The van der Waals surface area contributed by atoms with Crippen molar-refractivity contribution in [2.75, 3.05) is 43.4 Å². The molecular weight excluding hydrogens is 905 g/mol. The minimum Gasteiger partial charge on any atom is -0.481 e. The molecule has 0 fully saturated rings. The highest BCUT2D eigenvalue weighted by molar-refractivity contribution is 7.86. The second-order valence-corrected chi connectivity index (χ2v) is 21.8. The predicted molar refractivity (Wildman–Crippen MR) is 230 cm³/mol. The van der Waals surface area contributed by atoms with E-state index < -0.39 is 119 Å². The fourth-order valence-electron chi connectivity index (χ4n) is 9.01. The maximum Gasteiger partial charge on any atom is 0.331 e. The van der Waals surface area contributed by atoms with Crippen molar-refractivity contribution >= 4 is 60.1 Å². The molecule has 0 aromatic carbocycles. The summed E-state index contributed by atoms with van der Waals surface area (Å²) >= 11 is 0. The van der Waals surface area contributed by atoms with Crippen LogP contribution in [-0.4, -0.2) is 143 Å². The summed E-state index contributed by atoms with van der Waals surface area (Å²) in [5.74, 6) is -9.57. The van der Waals surface area contributed by atoms with Crippen LogP contribution in [0.15, 0.2) is 69.8 Å². The first kappa shape index (κ1) is 51.8. The zero-order valence-corrected chi connectivity index (χ0v) is 38.3. The molecule has 3 unspecified atom stereocenters. The predicted octanol–water partition coefficient (Wildman–Crippen LogP) is 1.98. The SMILES string of the molecule is CC1(C)C(=CC=CC2N(CCCS(=O)(=O)O)C3=C(C(C(=O)O)CC(C(=O)O)=C3)C2(C)C)N(CCCCCC(=O)O)C2=C1C(C(=O)NCCS(=O)(=O)O)CC(C(=O)NCCS(=O)(=O)O)=C2. The van der Waals surface area contributed by atoms with E-state index in [0.29, 0.717) is 47.5 Å². The van der Waals surface area contributed by atoms with E-state index in [1.165, 1.54) is 12.2 Å². The molecule has 0 bridgehead atoms. The monoisotopic (exact) mass is 960 g/mol. The Kier molecular flexibility index (Phi) is 16.3. The Morgan fingerprint density at radius 2 is 1.30 bits per heavy atom. The van der Waals surface area contributed by atoms with Crippen molar-refractivity contribution in [2.45, 2.75) is 78.7 Å². The van der Waals surface area contributed by atoms with E-state index in [1.54, 1.807) is 37.0 Å². The van der Waals surface area contributed by atoms with Gasteiger partial charge in [0.2, 0.25) is 11.8 Å². The van der Waals surface area contributed by atoms with Gasteiger partial charge >= 0.3 is 17.9 Å². The summed E-state index contributed by atoms with van der Waals surface area (Å²) in [6.45, 7) is 6.46. The van der Waals surface area contributed by atoms with E-state index in [9.17, 15) is 78.2 Å². The van der Waals surface area contributed by atoms with E-state index >= 15 is 0 Å². The van der Waals surface area contributed by atoms with Crippen LogP contribution in [0.25, 0.3) is 0 Å². The van der Waals surface area contributed by atoms with Gasteiger partial charge in [0.25, 0.3) is 30.4 Å². The van der Waals surface area contributed by atoms with Crippen molar-refractivity contribution in [3.8, 4) is 0 Å². The fraction of sp³-hybridized carbons (Fsp3) is 0.575. The molecule has 2 heterocycles. The average molecular weight is 961 g/mol. The van der Waals surface area contributed by atoms with Crippen molar-refractivity contribution in [1.29, 1.82) is 0 Å². The summed E-state index contributed by atoms with van der Waals surface area (Å²) in [7, 11) is -13.3. The number of hydrogen-bond donors (Lipinski definition) is 8. The number of allylic oxidation sites excluding steroid dienone is 5. The van der Waals surface area contributed by atoms with Crippen molar-refractivity contribution in [1.82, 2.24) is 20.4 Å². The number of aliphatic carboxylic acids is 3. The third-order valence-corrected chi connectivity index (χ3v) is 14.0. The molecule has 4 rings (SSSR count). The maximum absolute atomic E-state index is 14.0. The second kappa shape index (κ2) is 20.1. The molecule has 0 saturated heterocycles. The minimum atomic E-state index is -4.47. The molecule has 24 heteroatoms. The maximum atomic E-state index is 14.0. The van der Waals surface area contributed by atoms with E-state index in [0.717, 1.165) is 0 Å². The number of rotatable bonds is 22. The Labute approximate surface area is 372 Å². The van der Waals surface area contributed by atoms with Gasteiger partial charge in [-0.2, -0.15) is 25.3 Å². The van der Waals surface area contributed by atoms with Gasteiger partial charge in [-0.3, -0.25) is 32.8 Å². The van der Waals surface area contributed by atoms with Crippen LogP contribution < -0.4 is 10.6 Å². The van der Waals surface area contributed by atoms with Gasteiger partial charge in [-0.15, -0.1) is 0 Å². The lowest BCUT2D eigenvalue weighted by molar-refractivity contribution is -0.141. The normalized spacial score (nSPS) is 22.6. The van der Waals surface area contributed by atoms with Crippen LogP contribution in [0.5, 0.6) is 0 Å².